The van der Waals surface area contributed by atoms with Gasteiger partial charge < -0.3 is 9.73 Å². The third-order valence-electron chi connectivity index (χ3n) is 3.38. The lowest BCUT2D eigenvalue weighted by atomic mass is 10.1. The first-order chi connectivity index (χ1) is 10.6. The molecule has 3 aromatic rings. The van der Waals surface area contributed by atoms with Gasteiger partial charge in [-0.05, 0) is 42.3 Å². The molecule has 0 bridgehead atoms. The Bertz CT molecular complexity index is 855. The third kappa shape index (κ3) is 2.83. The largest absolute Gasteiger partial charge is 0.436 e. The molecule has 0 radical (unpaired) electrons. The molecular weight excluding hydrogens is 300 g/mol. The second-order valence-electron chi connectivity index (χ2n) is 5.05. The molecule has 0 aliphatic carbocycles. The molecular formula is C17H15ClN2O2. The summed E-state index contributed by atoms with van der Waals surface area (Å²) in [6, 6.07) is 11.2. The topological polar surface area (TPSA) is 55.1 Å². The molecule has 0 aliphatic rings. The number of aryl methyl sites for hydroxylation is 1. The Morgan fingerprint density at radius 1 is 1.27 bits per heavy atom. The quantitative estimate of drug-likeness (QED) is 0.764. The van der Waals surface area contributed by atoms with Crippen LogP contribution in [-0.2, 0) is 11.2 Å². The molecule has 5 heteroatoms. The van der Waals surface area contributed by atoms with E-state index in [0.717, 1.165) is 11.9 Å². The number of rotatable bonds is 3. The lowest BCUT2D eigenvalue weighted by Crippen LogP contribution is -2.05. The van der Waals surface area contributed by atoms with E-state index in [1.807, 2.05) is 18.2 Å². The van der Waals surface area contributed by atoms with E-state index in [1.165, 1.54) is 12.5 Å². The molecule has 0 atom stereocenters. The van der Waals surface area contributed by atoms with Crippen LogP contribution in [-0.4, -0.2) is 10.9 Å². The van der Waals surface area contributed by atoms with Gasteiger partial charge in [0.25, 0.3) is 0 Å². The number of nitrogens with zero attached hydrogens (tertiary/aromatic N) is 1. The normalized spacial score (nSPS) is 10.9. The van der Waals surface area contributed by atoms with Crippen molar-refractivity contribution in [2.24, 2.45) is 0 Å². The van der Waals surface area contributed by atoms with Crippen molar-refractivity contribution < 1.29 is 9.21 Å². The van der Waals surface area contributed by atoms with Crippen molar-refractivity contribution in [3.8, 4) is 11.5 Å². The third-order valence-corrected chi connectivity index (χ3v) is 3.71. The molecule has 0 aliphatic heterocycles. The maximum absolute atomic E-state index is 11.2. The predicted octanol–water partition coefficient (Wildman–Crippen LogP) is 4.67. The zero-order chi connectivity index (χ0) is 15.7. The molecule has 1 heterocycles. The lowest BCUT2D eigenvalue weighted by molar-refractivity contribution is -0.114. The summed E-state index contributed by atoms with van der Waals surface area (Å²) in [6.45, 7) is 3.55. The van der Waals surface area contributed by atoms with Crippen LogP contribution in [0.25, 0.3) is 22.6 Å². The lowest BCUT2D eigenvalue weighted by Gasteiger charge is -2.05. The summed E-state index contributed by atoms with van der Waals surface area (Å²) >= 11 is 6.24. The van der Waals surface area contributed by atoms with Crippen molar-refractivity contribution in [1.29, 1.82) is 0 Å². The Morgan fingerprint density at radius 3 is 2.82 bits per heavy atom. The molecule has 0 fully saturated rings. The highest BCUT2D eigenvalue weighted by molar-refractivity contribution is 6.33. The highest BCUT2D eigenvalue weighted by Crippen LogP contribution is 2.32. The highest BCUT2D eigenvalue weighted by Gasteiger charge is 2.13. The summed E-state index contributed by atoms with van der Waals surface area (Å²) in [5, 5.41) is 3.25. The summed E-state index contributed by atoms with van der Waals surface area (Å²) in [4.78, 5) is 15.7. The number of anilines is 1. The maximum Gasteiger partial charge on any atom is 0.228 e. The van der Waals surface area contributed by atoms with Gasteiger partial charge in [0.05, 0.1) is 10.6 Å². The van der Waals surface area contributed by atoms with Gasteiger partial charge in [0.2, 0.25) is 11.8 Å². The van der Waals surface area contributed by atoms with E-state index in [-0.39, 0.29) is 5.91 Å². The number of halogens is 1. The van der Waals surface area contributed by atoms with Gasteiger partial charge in [-0.2, -0.15) is 0 Å². The summed E-state index contributed by atoms with van der Waals surface area (Å²) in [5.41, 5.74) is 4.03. The fourth-order valence-corrected chi connectivity index (χ4v) is 2.48. The first-order valence-corrected chi connectivity index (χ1v) is 7.41. The highest BCUT2D eigenvalue weighted by atomic mass is 35.5. The van der Waals surface area contributed by atoms with Crippen LogP contribution in [0.15, 0.2) is 40.8 Å². The number of hydrogen-bond donors (Lipinski definition) is 1. The minimum absolute atomic E-state index is 0.140. The van der Waals surface area contributed by atoms with Gasteiger partial charge in [-0.25, -0.2) is 4.98 Å². The molecule has 0 unspecified atom stereocenters. The van der Waals surface area contributed by atoms with Crippen molar-refractivity contribution in [3.05, 3.63) is 47.0 Å². The van der Waals surface area contributed by atoms with Crippen LogP contribution in [0.4, 0.5) is 5.69 Å². The number of fused-ring (bicyclic) bond motifs is 1. The number of benzene rings is 2. The van der Waals surface area contributed by atoms with Crippen LogP contribution in [0.2, 0.25) is 5.02 Å². The maximum atomic E-state index is 11.2. The monoisotopic (exact) mass is 314 g/mol. The van der Waals surface area contributed by atoms with Gasteiger partial charge in [-0.3, -0.25) is 4.79 Å². The van der Waals surface area contributed by atoms with Crippen LogP contribution >= 0.6 is 11.6 Å². The Morgan fingerprint density at radius 2 is 2.09 bits per heavy atom. The van der Waals surface area contributed by atoms with Crippen molar-refractivity contribution in [1.82, 2.24) is 4.98 Å². The van der Waals surface area contributed by atoms with E-state index < -0.39 is 0 Å². The first kappa shape index (κ1) is 14.6. The molecule has 2 aromatic carbocycles. The smallest absolute Gasteiger partial charge is 0.228 e. The Balaban J connectivity index is 2.08. The van der Waals surface area contributed by atoms with Crippen LogP contribution in [0.1, 0.15) is 19.4 Å². The van der Waals surface area contributed by atoms with E-state index in [9.17, 15) is 4.79 Å². The van der Waals surface area contributed by atoms with Crippen molar-refractivity contribution >= 4 is 34.3 Å². The zero-order valence-corrected chi connectivity index (χ0v) is 13.1. The second-order valence-corrected chi connectivity index (χ2v) is 5.46. The van der Waals surface area contributed by atoms with Crippen LogP contribution < -0.4 is 5.32 Å². The van der Waals surface area contributed by atoms with Gasteiger partial charge in [0.1, 0.15) is 5.52 Å². The molecule has 3 rings (SSSR count). The van der Waals surface area contributed by atoms with Gasteiger partial charge in [-0.1, -0.05) is 24.6 Å². The van der Waals surface area contributed by atoms with E-state index in [2.05, 4.69) is 17.2 Å². The van der Waals surface area contributed by atoms with E-state index in [0.29, 0.717) is 27.7 Å². The number of oxazole rings is 1. The van der Waals surface area contributed by atoms with Gasteiger partial charge >= 0.3 is 0 Å². The van der Waals surface area contributed by atoms with E-state index >= 15 is 0 Å². The number of carbonyl (C=O) groups excluding carboxylic acids is 1. The zero-order valence-electron chi connectivity index (χ0n) is 12.3. The molecule has 0 saturated carbocycles. The van der Waals surface area contributed by atoms with Crippen LogP contribution in [0, 0.1) is 0 Å². The first-order valence-electron chi connectivity index (χ1n) is 7.04. The summed E-state index contributed by atoms with van der Waals surface area (Å²) in [7, 11) is 0. The van der Waals surface area contributed by atoms with Crippen molar-refractivity contribution in [3.63, 3.8) is 0 Å². The number of carbonyl (C=O) groups is 1. The fraction of sp³-hybridized carbons (Fsp3) is 0.176. The summed E-state index contributed by atoms with van der Waals surface area (Å²) < 4.78 is 5.79. The number of hydrogen-bond acceptors (Lipinski definition) is 3. The fourth-order valence-electron chi connectivity index (χ4n) is 2.28. The number of amides is 1. The molecule has 1 N–H and O–H groups in total. The van der Waals surface area contributed by atoms with Gasteiger partial charge in [0.15, 0.2) is 5.58 Å². The second kappa shape index (κ2) is 5.81. The molecule has 22 heavy (non-hydrogen) atoms. The molecule has 0 spiro atoms. The van der Waals surface area contributed by atoms with Gasteiger partial charge in [0, 0.05) is 12.6 Å². The SMILES string of the molecule is CCc1ccc2oc(-c3cc(NC(C)=O)ccc3Cl)nc2c1. The van der Waals surface area contributed by atoms with Crippen molar-refractivity contribution in [2.75, 3.05) is 5.32 Å². The predicted molar refractivity (Wildman–Crippen MR) is 88.1 cm³/mol. The summed E-state index contributed by atoms with van der Waals surface area (Å²) in [6.07, 6.45) is 0.941. The van der Waals surface area contributed by atoms with Crippen molar-refractivity contribution in [2.45, 2.75) is 20.3 Å². The summed E-state index contributed by atoms with van der Waals surface area (Å²) in [5.74, 6) is 0.305. The Kier molecular flexibility index (Phi) is 3.86. The molecule has 1 amide bonds. The molecule has 0 saturated heterocycles. The Labute approximate surface area is 133 Å². The van der Waals surface area contributed by atoms with Crippen LogP contribution in [0.3, 0.4) is 0 Å². The Hall–Kier alpha value is -2.33. The standard InChI is InChI=1S/C17H15ClN2O2/c1-3-11-4-7-16-15(8-11)20-17(22-16)13-9-12(19-10(2)21)5-6-14(13)18/h4-9H,3H2,1-2H3,(H,19,21). The molecule has 1 aromatic heterocycles. The average Bonchev–Trinajstić information content (AvgIpc) is 2.91. The number of nitrogens with one attached hydrogen (secondary N) is 1. The van der Waals surface area contributed by atoms with Crippen LogP contribution in [0.5, 0.6) is 0 Å². The van der Waals surface area contributed by atoms with Gasteiger partial charge in [-0.15, -0.1) is 0 Å². The number of aromatic nitrogens is 1. The molecule has 112 valence electrons. The average molecular weight is 315 g/mol. The van der Waals surface area contributed by atoms with E-state index in [4.69, 9.17) is 16.0 Å². The minimum atomic E-state index is -0.140. The molecule has 4 nitrogen and oxygen atoms in total. The minimum Gasteiger partial charge on any atom is -0.436 e. The van der Waals surface area contributed by atoms with E-state index in [1.54, 1.807) is 18.2 Å².